The van der Waals surface area contributed by atoms with Crippen molar-refractivity contribution in [1.29, 1.82) is 0 Å². The second kappa shape index (κ2) is 4.07. The van der Waals surface area contributed by atoms with E-state index in [9.17, 15) is 0 Å². The Hall–Kier alpha value is -2.07. The number of hydrogen-bond acceptors (Lipinski definition) is 2. The van der Waals surface area contributed by atoms with Crippen LogP contribution in [0.3, 0.4) is 0 Å². The maximum Gasteiger partial charge on any atom is 0.154 e. The van der Waals surface area contributed by atoms with Crippen molar-refractivity contribution in [2.45, 2.75) is 0 Å². The van der Waals surface area contributed by atoms with Crippen LogP contribution < -0.4 is 0 Å². The largest absolute Gasteiger partial charge is 0.343 e. The van der Waals surface area contributed by atoms with E-state index in [1.165, 1.54) is 0 Å². The number of aromatic amines is 1. The molecular formula is C12H9ClN4. The average molecular weight is 245 g/mol. The Labute approximate surface area is 103 Å². The summed E-state index contributed by atoms with van der Waals surface area (Å²) >= 11 is 5.82. The Balaban J connectivity index is 2.10. The first kappa shape index (κ1) is 10.1. The second-order valence-electron chi connectivity index (χ2n) is 3.54. The van der Waals surface area contributed by atoms with Gasteiger partial charge in [-0.1, -0.05) is 11.6 Å². The summed E-state index contributed by atoms with van der Waals surface area (Å²) in [6, 6.07) is 7.62. The molecule has 84 valence electrons. The maximum absolute atomic E-state index is 5.82. The van der Waals surface area contributed by atoms with E-state index in [1.54, 1.807) is 18.6 Å². The topological polar surface area (TPSA) is 46.5 Å². The molecule has 3 aromatic heterocycles. The zero-order valence-electron chi connectivity index (χ0n) is 8.84. The summed E-state index contributed by atoms with van der Waals surface area (Å²) in [7, 11) is 0. The first-order chi connectivity index (χ1) is 8.34. The van der Waals surface area contributed by atoms with Gasteiger partial charge in [-0.25, -0.2) is 9.97 Å². The zero-order chi connectivity index (χ0) is 11.7. The Kier molecular flexibility index (Phi) is 2.42. The molecule has 0 saturated heterocycles. The van der Waals surface area contributed by atoms with Crippen LogP contribution in [0.1, 0.15) is 0 Å². The van der Waals surface area contributed by atoms with Crippen LogP contribution >= 0.6 is 11.6 Å². The molecule has 0 spiro atoms. The molecule has 0 aromatic carbocycles. The lowest BCUT2D eigenvalue weighted by Gasteiger charge is -2.06. The third-order valence-electron chi connectivity index (χ3n) is 2.45. The molecule has 0 saturated carbocycles. The molecular weight excluding hydrogens is 236 g/mol. The lowest BCUT2D eigenvalue weighted by atomic mass is 10.4. The van der Waals surface area contributed by atoms with Gasteiger partial charge in [0.2, 0.25) is 0 Å². The summed E-state index contributed by atoms with van der Waals surface area (Å²) in [6.07, 6.45) is 7.08. The number of nitrogens with zero attached hydrogens (tertiary/aromatic N) is 3. The van der Waals surface area contributed by atoms with Crippen molar-refractivity contribution >= 4 is 11.6 Å². The van der Waals surface area contributed by atoms with Crippen molar-refractivity contribution in [2.24, 2.45) is 0 Å². The van der Waals surface area contributed by atoms with Gasteiger partial charge in [-0.05, 0) is 24.3 Å². The smallest absolute Gasteiger partial charge is 0.154 e. The molecule has 0 radical (unpaired) electrons. The van der Waals surface area contributed by atoms with Gasteiger partial charge in [-0.15, -0.1) is 0 Å². The Bertz CT molecular complexity index is 610. The third kappa shape index (κ3) is 1.83. The minimum Gasteiger partial charge on any atom is -0.343 e. The number of aromatic nitrogens is 4. The van der Waals surface area contributed by atoms with Gasteiger partial charge in [0.25, 0.3) is 0 Å². The van der Waals surface area contributed by atoms with Crippen LogP contribution in [0.2, 0.25) is 5.02 Å². The molecule has 1 N–H and O–H groups in total. The summed E-state index contributed by atoms with van der Waals surface area (Å²) in [5.41, 5.74) is 0.963. The molecule has 0 unspecified atom stereocenters. The number of hydrogen-bond donors (Lipinski definition) is 1. The second-order valence-corrected chi connectivity index (χ2v) is 3.97. The van der Waals surface area contributed by atoms with Gasteiger partial charge in [0, 0.05) is 24.8 Å². The van der Waals surface area contributed by atoms with E-state index in [1.807, 2.05) is 35.0 Å². The normalized spacial score (nSPS) is 10.6. The molecule has 17 heavy (non-hydrogen) atoms. The fourth-order valence-corrected chi connectivity index (χ4v) is 1.80. The Morgan fingerprint density at radius 1 is 1.18 bits per heavy atom. The van der Waals surface area contributed by atoms with Crippen LogP contribution in [-0.2, 0) is 0 Å². The minimum atomic E-state index is 0.625. The summed E-state index contributed by atoms with van der Waals surface area (Å²) < 4.78 is 1.95. The molecule has 0 aliphatic carbocycles. The minimum absolute atomic E-state index is 0.625. The quantitative estimate of drug-likeness (QED) is 0.753. The van der Waals surface area contributed by atoms with E-state index in [2.05, 4.69) is 15.0 Å². The van der Waals surface area contributed by atoms with Gasteiger partial charge in [0.15, 0.2) is 5.82 Å². The van der Waals surface area contributed by atoms with Gasteiger partial charge in [0.05, 0.1) is 10.7 Å². The van der Waals surface area contributed by atoms with Gasteiger partial charge in [0.1, 0.15) is 5.82 Å². The number of nitrogens with one attached hydrogen (secondary N) is 1. The fraction of sp³-hybridized carbons (Fsp3) is 0. The number of imidazole rings is 1. The Morgan fingerprint density at radius 2 is 2.12 bits per heavy atom. The van der Waals surface area contributed by atoms with E-state index < -0.39 is 0 Å². The predicted octanol–water partition coefficient (Wildman–Crippen LogP) is 2.92. The summed E-state index contributed by atoms with van der Waals surface area (Å²) in [4.78, 5) is 11.6. The van der Waals surface area contributed by atoms with Crippen molar-refractivity contribution in [3.63, 3.8) is 0 Å². The van der Waals surface area contributed by atoms with E-state index in [0.717, 1.165) is 17.3 Å². The standard InChI is InChI=1S/C12H9ClN4/c13-9-3-4-11(16-8-9)17-7-1-2-10(17)12-14-5-6-15-12/h1-8H,(H,14,15). The highest BCUT2D eigenvalue weighted by molar-refractivity contribution is 6.30. The number of H-pyrrole nitrogens is 1. The van der Waals surface area contributed by atoms with Crippen LogP contribution in [0.25, 0.3) is 17.3 Å². The first-order valence-electron chi connectivity index (χ1n) is 5.13. The van der Waals surface area contributed by atoms with Crippen LogP contribution in [0.15, 0.2) is 49.1 Å². The Morgan fingerprint density at radius 3 is 2.82 bits per heavy atom. The summed E-state index contributed by atoms with van der Waals surface area (Å²) in [5.74, 6) is 1.62. The number of rotatable bonds is 2. The molecule has 0 aliphatic heterocycles. The molecule has 4 nitrogen and oxygen atoms in total. The van der Waals surface area contributed by atoms with Crippen molar-refractivity contribution in [1.82, 2.24) is 19.5 Å². The summed E-state index contributed by atoms with van der Waals surface area (Å²) in [6.45, 7) is 0. The monoisotopic (exact) mass is 244 g/mol. The van der Waals surface area contributed by atoms with Crippen LogP contribution in [-0.4, -0.2) is 19.5 Å². The molecule has 0 atom stereocenters. The van der Waals surface area contributed by atoms with E-state index >= 15 is 0 Å². The first-order valence-corrected chi connectivity index (χ1v) is 5.51. The van der Waals surface area contributed by atoms with Gasteiger partial charge in [-0.3, -0.25) is 4.57 Å². The SMILES string of the molecule is Clc1ccc(-n2cccc2-c2ncc[nH]2)nc1. The molecule has 5 heteroatoms. The lowest BCUT2D eigenvalue weighted by molar-refractivity contribution is 1.00. The van der Waals surface area contributed by atoms with Crippen LogP contribution in [0.5, 0.6) is 0 Å². The highest BCUT2D eigenvalue weighted by Gasteiger charge is 2.08. The molecule has 3 aromatic rings. The van der Waals surface area contributed by atoms with Gasteiger partial charge < -0.3 is 4.98 Å². The van der Waals surface area contributed by atoms with E-state index in [-0.39, 0.29) is 0 Å². The third-order valence-corrected chi connectivity index (χ3v) is 2.67. The maximum atomic E-state index is 5.82. The van der Waals surface area contributed by atoms with Crippen molar-refractivity contribution in [2.75, 3.05) is 0 Å². The van der Waals surface area contributed by atoms with Gasteiger partial charge in [-0.2, -0.15) is 0 Å². The fourth-order valence-electron chi connectivity index (χ4n) is 1.69. The number of pyridine rings is 1. The van der Waals surface area contributed by atoms with E-state index in [0.29, 0.717) is 5.02 Å². The molecule has 3 heterocycles. The van der Waals surface area contributed by atoms with Crippen molar-refractivity contribution < 1.29 is 0 Å². The molecule has 0 fully saturated rings. The predicted molar refractivity (Wildman–Crippen MR) is 66.2 cm³/mol. The van der Waals surface area contributed by atoms with Crippen LogP contribution in [0, 0.1) is 0 Å². The van der Waals surface area contributed by atoms with Crippen LogP contribution in [0.4, 0.5) is 0 Å². The highest BCUT2D eigenvalue weighted by Crippen LogP contribution is 2.20. The van der Waals surface area contributed by atoms with Crippen molar-refractivity contribution in [3.8, 4) is 17.3 Å². The van der Waals surface area contributed by atoms with Crippen molar-refractivity contribution in [3.05, 3.63) is 54.1 Å². The molecule has 0 aliphatic rings. The van der Waals surface area contributed by atoms with E-state index in [4.69, 9.17) is 11.6 Å². The molecule has 0 bridgehead atoms. The average Bonchev–Trinajstić information content (AvgIpc) is 3.00. The highest BCUT2D eigenvalue weighted by atomic mass is 35.5. The van der Waals surface area contributed by atoms with Gasteiger partial charge >= 0.3 is 0 Å². The number of halogens is 1. The molecule has 3 rings (SSSR count). The molecule has 0 amide bonds. The lowest BCUT2D eigenvalue weighted by Crippen LogP contribution is -1.98. The summed E-state index contributed by atoms with van der Waals surface area (Å²) in [5, 5.41) is 0.625. The zero-order valence-corrected chi connectivity index (χ0v) is 9.59.